The number of nitrogens with one attached hydrogen (secondary N) is 1. The van der Waals surface area contributed by atoms with Crippen LogP contribution in [0.2, 0.25) is 0 Å². The van der Waals surface area contributed by atoms with E-state index in [0.717, 1.165) is 19.4 Å². The van der Waals surface area contributed by atoms with Crippen molar-refractivity contribution in [2.45, 2.75) is 18.9 Å². The highest BCUT2D eigenvalue weighted by molar-refractivity contribution is 5.92. The topological polar surface area (TPSA) is 56.3 Å². The number of amides is 1. The molecule has 0 radical (unpaired) electrons. The fraction of sp³-hybridized carbons (Fsp3) is 0.500. The highest BCUT2D eigenvalue weighted by Crippen LogP contribution is 2.18. The molecule has 1 unspecified atom stereocenters. The van der Waals surface area contributed by atoms with Gasteiger partial charge in [-0.3, -0.25) is 4.79 Å². The molecule has 14 heavy (non-hydrogen) atoms. The average molecular weight is 194 g/mol. The van der Waals surface area contributed by atoms with Gasteiger partial charge >= 0.3 is 0 Å². The van der Waals surface area contributed by atoms with Crippen molar-refractivity contribution in [1.29, 1.82) is 0 Å². The van der Waals surface area contributed by atoms with Crippen LogP contribution >= 0.6 is 0 Å². The Labute approximate surface area is 82.5 Å². The van der Waals surface area contributed by atoms with E-state index in [0.29, 0.717) is 5.69 Å². The number of aromatic amines is 1. The lowest BCUT2D eigenvalue weighted by molar-refractivity contribution is 0.0672. The zero-order chi connectivity index (χ0) is 9.97. The van der Waals surface area contributed by atoms with E-state index in [9.17, 15) is 4.79 Å². The molecule has 1 aromatic rings. The molecule has 0 saturated carbocycles. The molecule has 1 amide bonds. The first kappa shape index (κ1) is 9.27. The van der Waals surface area contributed by atoms with Crippen LogP contribution in [0.3, 0.4) is 0 Å². The molecule has 1 atom stereocenters. The smallest absolute Gasteiger partial charge is 0.270 e. The number of aromatic nitrogens is 1. The first-order valence-electron chi connectivity index (χ1n) is 4.88. The molecular weight excluding hydrogens is 180 g/mol. The summed E-state index contributed by atoms with van der Waals surface area (Å²) < 4.78 is 0. The Bertz CT molecular complexity index is 308. The van der Waals surface area contributed by atoms with Crippen LogP contribution in [0.1, 0.15) is 23.3 Å². The van der Waals surface area contributed by atoms with Crippen molar-refractivity contribution in [2.24, 2.45) is 0 Å². The third-order valence-corrected chi connectivity index (χ3v) is 2.68. The fourth-order valence-corrected chi connectivity index (χ4v) is 1.91. The molecule has 0 spiro atoms. The van der Waals surface area contributed by atoms with Gasteiger partial charge in [0.05, 0.1) is 12.6 Å². The Balaban J connectivity index is 2.11. The van der Waals surface area contributed by atoms with E-state index in [-0.39, 0.29) is 18.6 Å². The predicted molar refractivity (Wildman–Crippen MR) is 51.9 cm³/mol. The summed E-state index contributed by atoms with van der Waals surface area (Å²) in [6.45, 7) is 0.815. The van der Waals surface area contributed by atoms with Crippen LogP contribution in [-0.4, -0.2) is 40.1 Å². The van der Waals surface area contributed by atoms with Gasteiger partial charge in [-0.05, 0) is 25.0 Å². The molecule has 1 fully saturated rings. The summed E-state index contributed by atoms with van der Waals surface area (Å²) in [6, 6.07) is 3.57. The maximum Gasteiger partial charge on any atom is 0.270 e. The summed E-state index contributed by atoms with van der Waals surface area (Å²) in [5.74, 6) is -0.00782. The lowest BCUT2D eigenvalue weighted by Crippen LogP contribution is -2.37. The molecule has 76 valence electrons. The van der Waals surface area contributed by atoms with Gasteiger partial charge in [0.15, 0.2) is 0 Å². The molecule has 0 aromatic carbocycles. The van der Waals surface area contributed by atoms with Crippen molar-refractivity contribution in [1.82, 2.24) is 9.88 Å². The summed E-state index contributed by atoms with van der Waals surface area (Å²) in [7, 11) is 0. The Morgan fingerprint density at radius 1 is 1.71 bits per heavy atom. The largest absolute Gasteiger partial charge is 0.394 e. The highest BCUT2D eigenvalue weighted by Gasteiger charge is 2.28. The SMILES string of the molecule is O=C(c1ccc[nH]1)N1CCCC1CO. The van der Waals surface area contributed by atoms with Gasteiger partial charge in [0.25, 0.3) is 5.91 Å². The number of hydrogen-bond donors (Lipinski definition) is 2. The van der Waals surface area contributed by atoms with Gasteiger partial charge in [-0.1, -0.05) is 0 Å². The number of nitrogens with zero attached hydrogens (tertiary/aromatic N) is 1. The fourth-order valence-electron chi connectivity index (χ4n) is 1.91. The van der Waals surface area contributed by atoms with Crippen molar-refractivity contribution in [3.8, 4) is 0 Å². The molecule has 0 bridgehead atoms. The molecule has 4 nitrogen and oxygen atoms in total. The molecule has 1 aliphatic heterocycles. The minimum atomic E-state index is -0.00782. The minimum absolute atomic E-state index is 0.00537. The van der Waals surface area contributed by atoms with Gasteiger partial charge in [-0.2, -0.15) is 0 Å². The third-order valence-electron chi connectivity index (χ3n) is 2.68. The van der Waals surface area contributed by atoms with Crippen molar-refractivity contribution >= 4 is 5.91 Å². The van der Waals surface area contributed by atoms with Crippen molar-refractivity contribution in [3.63, 3.8) is 0 Å². The van der Waals surface area contributed by atoms with Gasteiger partial charge in [-0.15, -0.1) is 0 Å². The number of carbonyl (C=O) groups excluding carboxylic acids is 1. The number of aliphatic hydroxyl groups is 1. The Morgan fingerprint density at radius 2 is 2.57 bits per heavy atom. The summed E-state index contributed by atoms with van der Waals surface area (Å²) in [4.78, 5) is 16.5. The monoisotopic (exact) mass is 194 g/mol. The normalized spacial score (nSPS) is 21.5. The second kappa shape index (κ2) is 3.84. The Morgan fingerprint density at radius 3 is 3.21 bits per heavy atom. The number of hydrogen-bond acceptors (Lipinski definition) is 2. The van der Waals surface area contributed by atoms with E-state index in [1.807, 2.05) is 0 Å². The maximum absolute atomic E-state index is 11.9. The molecule has 2 heterocycles. The quantitative estimate of drug-likeness (QED) is 0.724. The van der Waals surface area contributed by atoms with E-state index in [2.05, 4.69) is 4.98 Å². The van der Waals surface area contributed by atoms with E-state index in [1.165, 1.54) is 0 Å². The molecule has 1 saturated heterocycles. The lowest BCUT2D eigenvalue weighted by atomic mass is 10.2. The van der Waals surface area contributed by atoms with E-state index in [1.54, 1.807) is 23.2 Å². The number of aliphatic hydroxyl groups excluding tert-OH is 1. The van der Waals surface area contributed by atoms with Crippen LogP contribution in [0, 0.1) is 0 Å². The van der Waals surface area contributed by atoms with E-state index < -0.39 is 0 Å². The van der Waals surface area contributed by atoms with Crippen LogP contribution in [-0.2, 0) is 0 Å². The number of H-pyrrole nitrogens is 1. The van der Waals surface area contributed by atoms with Gasteiger partial charge in [0.2, 0.25) is 0 Å². The average Bonchev–Trinajstić information content (AvgIpc) is 2.87. The number of carbonyl (C=O) groups is 1. The Kier molecular flexibility index (Phi) is 2.54. The summed E-state index contributed by atoms with van der Waals surface area (Å²) in [5.41, 5.74) is 0.602. The van der Waals surface area contributed by atoms with Crippen LogP contribution in [0.4, 0.5) is 0 Å². The first-order valence-corrected chi connectivity index (χ1v) is 4.88. The Hall–Kier alpha value is -1.29. The molecule has 1 aromatic heterocycles. The van der Waals surface area contributed by atoms with E-state index in [4.69, 9.17) is 5.11 Å². The molecule has 2 N–H and O–H groups in total. The molecular formula is C10H14N2O2. The van der Waals surface area contributed by atoms with Crippen LogP contribution < -0.4 is 0 Å². The lowest BCUT2D eigenvalue weighted by Gasteiger charge is -2.22. The maximum atomic E-state index is 11.9. The highest BCUT2D eigenvalue weighted by atomic mass is 16.3. The molecule has 4 heteroatoms. The summed E-state index contributed by atoms with van der Waals surface area (Å²) >= 11 is 0. The number of rotatable bonds is 2. The zero-order valence-corrected chi connectivity index (χ0v) is 7.94. The van der Waals surface area contributed by atoms with Crippen molar-refractivity contribution in [3.05, 3.63) is 24.0 Å². The molecule has 1 aliphatic rings. The second-order valence-electron chi connectivity index (χ2n) is 3.56. The van der Waals surface area contributed by atoms with Crippen LogP contribution in [0.15, 0.2) is 18.3 Å². The van der Waals surface area contributed by atoms with Crippen molar-refractivity contribution < 1.29 is 9.90 Å². The first-order chi connectivity index (χ1) is 6.83. The molecule has 2 rings (SSSR count). The van der Waals surface area contributed by atoms with Gasteiger partial charge < -0.3 is 15.0 Å². The van der Waals surface area contributed by atoms with Gasteiger partial charge in [0, 0.05) is 12.7 Å². The molecule has 0 aliphatic carbocycles. The van der Waals surface area contributed by atoms with Gasteiger partial charge in [0.1, 0.15) is 5.69 Å². The summed E-state index contributed by atoms with van der Waals surface area (Å²) in [6.07, 6.45) is 3.62. The van der Waals surface area contributed by atoms with Gasteiger partial charge in [-0.25, -0.2) is 0 Å². The number of likely N-dealkylation sites (tertiary alicyclic amines) is 1. The van der Waals surface area contributed by atoms with Crippen molar-refractivity contribution in [2.75, 3.05) is 13.2 Å². The zero-order valence-electron chi connectivity index (χ0n) is 7.94. The second-order valence-corrected chi connectivity index (χ2v) is 3.56. The summed E-state index contributed by atoms with van der Waals surface area (Å²) in [5, 5.41) is 9.08. The van der Waals surface area contributed by atoms with Crippen LogP contribution in [0.5, 0.6) is 0 Å². The van der Waals surface area contributed by atoms with E-state index >= 15 is 0 Å². The predicted octanol–water partition coefficient (Wildman–Crippen LogP) is 0.612. The minimum Gasteiger partial charge on any atom is -0.394 e. The van der Waals surface area contributed by atoms with Crippen LogP contribution in [0.25, 0.3) is 0 Å². The standard InChI is InChI=1S/C10H14N2O2/c13-7-8-3-2-6-12(8)10(14)9-4-1-5-11-9/h1,4-5,8,11,13H,2-3,6-7H2. The third kappa shape index (κ3) is 1.53.